The Morgan fingerprint density at radius 2 is 1.92 bits per heavy atom. The quantitative estimate of drug-likeness (QED) is 0.707. The standard InChI is InChI=1S/C10H21NO2/c1-7(2)8(3)11-5-9(12)10(6-11)13-4/h7-10,12H,5-6H2,1-4H3/t8?,9-,10-/m1/s1. The van der Waals surface area contributed by atoms with Crippen molar-refractivity contribution in [1.29, 1.82) is 0 Å². The van der Waals surface area contributed by atoms with E-state index in [1.807, 2.05) is 0 Å². The number of aliphatic hydroxyl groups is 1. The summed E-state index contributed by atoms with van der Waals surface area (Å²) >= 11 is 0. The van der Waals surface area contributed by atoms with Crippen molar-refractivity contribution in [2.24, 2.45) is 5.92 Å². The summed E-state index contributed by atoms with van der Waals surface area (Å²) in [6.07, 6.45) is -0.313. The Hall–Kier alpha value is -0.120. The molecule has 1 fully saturated rings. The predicted octanol–water partition coefficient (Wildman–Crippen LogP) is 0.722. The number of hydrogen-bond donors (Lipinski definition) is 1. The molecule has 0 spiro atoms. The fraction of sp³-hybridized carbons (Fsp3) is 1.00. The van der Waals surface area contributed by atoms with Gasteiger partial charge in [0, 0.05) is 26.2 Å². The lowest BCUT2D eigenvalue weighted by Crippen LogP contribution is -2.35. The first-order chi connectivity index (χ1) is 6.06. The van der Waals surface area contributed by atoms with Gasteiger partial charge < -0.3 is 9.84 Å². The lowest BCUT2D eigenvalue weighted by molar-refractivity contribution is 0.0213. The Kier molecular flexibility index (Phi) is 3.71. The van der Waals surface area contributed by atoms with E-state index >= 15 is 0 Å². The Labute approximate surface area is 80.7 Å². The lowest BCUT2D eigenvalue weighted by atomic mass is 10.1. The molecule has 1 rings (SSSR count). The molecule has 78 valence electrons. The summed E-state index contributed by atoms with van der Waals surface area (Å²) in [5.74, 6) is 0.628. The summed E-state index contributed by atoms with van der Waals surface area (Å²) < 4.78 is 5.19. The minimum Gasteiger partial charge on any atom is -0.389 e. The molecule has 1 aliphatic rings. The normalized spacial score (nSPS) is 32.8. The molecule has 3 heteroatoms. The summed E-state index contributed by atoms with van der Waals surface area (Å²) in [6, 6.07) is 0.523. The van der Waals surface area contributed by atoms with Crippen molar-refractivity contribution in [1.82, 2.24) is 4.90 Å². The van der Waals surface area contributed by atoms with Crippen molar-refractivity contribution in [2.75, 3.05) is 20.2 Å². The van der Waals surface area contributed by atoms with Crippen LogP contribution in [-0.4, -0.2) is 48.5 Å². The average Bonchev–Trinajstić information content (AvgIpc) is 2.45. The van der Waals surface area contributed by atoms with Gasteiger partial charge in [-0.25, -0.2) is 0 Å². The highest BCUT2D eigenvalue weighted by Gasteiger charge is 2.34. The molecule has 0 radical (unpaired) electrons. The molecular weight excluding hydrogens is 166 g/mol. The number of β-amino-alcohol motifs (C(OH)–C–C–N with tert-alkyl or cyclic N) is 1. The number of methoxy groups -OCH3 is 1. The second kappa shape index (κ2) is 4.40. The van der Waals surface area contributed by atoms with Crippen LogP contribution >= 0.6 is 0 Å². The van der Waals surface area contributed by atoms with Gasteiger partial charge in [-0.3, -0.25) is 4.90 Å². The Morgan fingerprint density at radius 1 is 1.31 bits per heavy atom. The van der Waals surface area contributed by atoms with Gasteiger partial charge in [0.1, 0.15) is 0 Å². The van der Waals surface area contributed by atoms with Crippen LogP contribution in [0, 0.1) is 5.92 Å². The third-order valence-electron chi connectivity index (χ3n) is 3.11. The van der Waals surface area contributed by atoms with Crippen LogP contribution in [0.1, 0.15) is 20.8 Å². The van der Waals surface area contributed by atoms with Gasteiger partial charge >= 0.3 is 0 Å². The van der Waals surface area contributed by atoms with Gasteiger partial charge in [-0.15, -0.1) is 0 Å². The van der Waals surface area contributed by atoms with Crippen molar-refractivity contribution >= 4 is 0 Å². The van der Waals surface area contributed by atoms with E-state index in [4.69, 9.17) is 4.74 Å². The Morgan fingerprint density at radius 3 is 2.31 bits per heavy atom. The molecule has 0 aromatic rings. The van der Waals surface area contributed by atoms with Crippen LogP contribution in [0.4, 0.5) is 0 Å². The molecule has 0 aliphatic carbocycles. The molecule has 0 aromatic heterocycles. The zero-order valence-electron chi connectivity index (χ0n) is 9.03. The van der Waals surface area contributed by atoms with E-state index in [2.05, 4.69) is 25.7 Å². The van der Waals surface area contributed by atoms with E-state index in [0.29, 0.717) is 12.0 Å². The van der Waals surface area contributed by atoms with Crippen LogP contribution in [0.25, 0.3) is 0 Å². The van der Waals surface area contributed by atoms with Crippen molar-refractivity contribution in [3.63, 3.8) is 0 Å². The highest BCUT2D eigenvalue weighted by Crippen LogP contribution is 2.19. The highest BCUT2D eigenvalue weighted by atomic mass is 16.5. The minimum atomic E-state index is -0.314. The summed E-state index contributed by atoms with van der Waals surface area (Å²) in [6.45, 7) is 8.22. The van der Waals surface area contributed by atoms with Crippen LogP contribution in [0.5, 0.6) is 0 Å². The van der Waals surface area contributed by atoms with Gasteiger partial charge in [0.25, 0.3) is 0 Å². The maximum absolute atomic E-state index is 9.62. The van der Waals surface area contributed by atoms with Gasteiger partial charge in [-0.2, -0.15) is 0 Å². The van der Waals surface area contributed by atoms with Crippen molar-refractivity contribution in [2.45, 2.75) is 39.0 Å². The van der Waals surface area contributed by atoms with E-state index in [0.717, 1.165) is 13.1 Å². The van der Waals surface area contributed by atoms with E-state index < -0.39 is 0 Å². The molecule has 0 aromatic carbocycles. The summed E-state index contributed by atoms with van der Waals surface area (Å²) in [4.78, 5) is 2.30. The van der Waals surface area contributed by atoms with E-state index in [1.165, 1.54) is 0 Å². The number of rotatable bonds is 3. The number of likely N-dealkylation sites (tertiary alicyclic amines) is 1. The molecule has 1 aliphatic heterocycles. The zero-order chi connectivity index (χ0) is 10.0. The molecule has 3 atom stereocenters. The summed E-state index contributed by atoms with van der Waals surface area (Å²) in [7, 11) is 1.66. The zero-order valence-corrected chi connectivity index (χ0v) is 9.03. The van der Waals surface area contributed by atoms with Gasteiger partial charge in [0.15, 0.2) is 0 Å². The molecule has 1 heterocycles. The smallest absolute Gasteiger partial charge is 0.0969 e. The molecule has 13 heavy (non-hydrogen) atoms. The largest absolute Gasteiger partial charge is 0.389 e. The molecule has 0 amide bonds. The van der Waals surface area contributed by atoms with Crippen molar-refractivity contribution < 1.29 is 9.84 Å². The third kappa shape index (κ3) is 2.42. The molecule has 1 saturated heterocycles. The monoisotopic (exact) mass is 187 g/mol. The van der Waals surface area contributed by atoms with Crippen LogP contribution in [0.15, 0.2) is 0 Å². The van der Waals surface area contributed by atoms with Gasteiger partial charge in [0.05, 0.1) is 12.2 Å². The third-order valence-corrected chi connectivity index (χ3v) is 3.11. The van der Waals surface area contributed by atoms with Gasteiger partial charge in [-0.1, -0.05) is 13.8 Å². The van der Waals surface area contributed by atoms with E-state index in [9.17, 15) is 5.11 Å². The van der Waals surface area contributed by atoms with Crippen molar-refractivity contribution in [3.8, 4) is 0 Å². The summed E-state index contributed by atoms with van der Waals surface area (Å²) in [5, 5.41) is 9.62. The molecule has 1 unspecified atom stereocenters. The fourth-order valence-corrected chi connectivity index (χ4v) is 1.77. The molecule has 0 bridgehead atoms. The van der Waals surface area contributed by atoms with E-state index in [1.54, 1.807) is 7.11 Å². The highest BCUT2D eigenvalue weighted by molar-refractivity contribution is 4.87. The SMILES string of the molecule is CO[C@@H]1CN(C(C)C(C)C)C[C@H]1O. The Balaban J connectivity index is 2.47. The topological polar surface area (TPSA) is 32.7 Å². The van der Waals surface area contributed by atoms with Crippen LogP contribution < -0.4 is 0 Å². The van der Waals surface area contributed by atoms with Gasteiger partial charge in [0.2, 0.25) is 0 Å². The van der Waals surface area contributed by atoms with Gasteiger partial charge in [-0.05, 0) is 12.8 Å². The average molecular weight is 187 g/mol. The van der Waals surface area contributed by atoms with Crippen LogP contribution in [0.3, 0.4) is 0 Å². The van der Waals surface area contributed by atoms with Crippen LogP contribution in [-0.2, 0) is 4.74 Å². The first-order valence-corrected chi connectivity index (χ1v) is 5.01. The second-order valence-corrected chi connectivity index (χ2v) is 4.28. The number of hydrogen-bond acceptors (Lipinski definition) is 3. The number of aliphatic hydroxyl groups excluding tert-OH is 1. The maximum atomic E-state index is 9.62. The molecule has 0 saturated carbocycles. The Bertz CT molecular complexity index is 161. The summed E-state index contributed by atoms with van der Waals surface area (Å²) in [5.41, 5.74) is 0. The second-order valence-electron chi connectivity index (χ2n) is 4.28. The predicted molar refractivity (Wildman–Crippen MR) is 52.7 cm³/mol. The van der Waals surface area contributed by atoms with Crippen LogP contribution in [0.2, 0.25) is 0 Å². The molecule has 1 N–H and O–H groups in total. The molecular formula is C10H21NO2. The maximum Gasteiger partial charge on any atom is 0.0969 e. The minimum absolute atomic E-state index is 0.00111. The lowest BCUT2D eigenvalue weighted by Gasteiger charge is -2.27. The first-order valence-electron chi connectivity index (χ1n) is 5.01. The fourth-order valence-electron chi connectivity index (χ4n) is 1.77. The number of ether oxygens (including phenoxy) is 1. The number of nitrogens with zero attached hydrogens (tertiary/aromatic N) is 1. The molecule has 3 nitrogen and oxygen atoms in total. The van der Waals surface area contributed by atoms with Crippen molar-refractivity contribution in [3.05, 3.63) is 0 Å². The van der Waals surface area contributed by atoms with E-state index in [-0.39, 0.29) is 12.2 Å². The first kappa shape index (κ1) is 11.0.